The summed E-state index contributed by atoms with van der Waals surface area (Å²) < 4.78 is 16.2. The highest BCUT2D eigenvalue weighted by molar-refractivity contribution is 6.36. The van der Waals surface area contributed by atoms with E-state index in [-0.39, 0.29) is 23.6 Å². The third kappa shape index (κ3) is 3.14. The van der Waals surface area contributed by atoms with Crippen LogP contribution in [-0.4, -0.2) is 32.9 Å². The van der Waals surface area contributed by atoms with Gasteiger partial charge in [-0.1, -0.05) is 24.3 Å². The first kappa shape index (κ1) is 18.7. The number of carbonyl (C=O) groups excluding carboxylic acids is 2. The second kappa shape index (κ2) is 7.43. The standard InChI is InChI=1S/C24H20O5/c1-27-16-6-4-5-14(11-16)12-19(25)17-13-18-20(28-2)9-7-15-8-10-21(29-3)23(22(15)18)24(17)26/h4-11,13H,12H2,1-3H3. The van der Waals surface area contributed by atoms with Crippen LogP contribution in [0, 0.1) is 0 Å². The predicted octanol–water partition coefficient (Wildman–Crippen LogP) is 4.26. The summed E-state index contributed by atoms with van der Waals surface area (Å²) >= 11 is 0. The van der Waals surface area contributed by atoms with Crippen molar-refractivity contribution in [1.29, 1.82) is 0 Å². The zero-order valence-corrected chi connectivity index (χ0v) is 16.4. The first-order chi connectivity index (χ1) is 14.1. The zero-order valence-electron chi connectivity index (χ0n) is 16.4. The number of hydrogen-bond acceptors (Lipinski definition) is 5. The summed E-state index contributed by atoms with van der Waals surface area (Å²) in [5, 5.41) is 1.63. The Bertz CT molecular complexity index is 1170. The van der Waals surface area contributed by atoms with Gasteiger partial charge in [0.25, 0.3) is 0 Å². The molecule has 3 aromatic carbocycles. The molecule has 0 bridgehead atoms. The summed E-state index contributed by atoms with van der Waals surface area (Å²) in [7, 11) is 4.66. The van der Waals surface area contributed by atoms with Crippen LogP contribution in [-0.2, 0) is 11.2 Å². The molecule has 0 aliphatic heterocycles. The fourth-order valence-electron chi connectivity index (χ4n) is 3.74. The molecular formula is C24H20O5. The molecule has 0 saturated carbocycles. The molecule has 146 valence electrons. The van der Waals surface area contributed by atoms with Gasteiger partial charge in [-0.3, -0.25) is 9.59 Å². The van der Waals surface area contributed by atoms with E-state index in [0.29, 0.717) is 28.4 Å². The summed E-state index contributed by atoms with van der Waals surface area (Å²) in [6.45, 7) is 0. The summed E-state index contributed by atoms with van der Waals surface area (Å²) in [5.41, 5.74) is 2.01. The number of allylic oxidation sites excluding steroid dienone is 1. The van der Waals surface area contributed by atoms with Crippen molar-refractivity contribution in [2.75, 3.05) is 21.3 Å². The fraction of sp³-hybridized carbons (Fsp3) is 0.167. The van der Waals surface area contributed by atoms with E-state index in [0.717, 1.165) is 16.3 Å². The lowest BCUT2D eigenvalue weighted by Crippen LogP contribution is -2.19. The SMILES string of the molecule is COc1cccc(CC(=O)C2=Cc3c(OC)ccc4ccc(OC)c(c34)C2=O)c1. The number of benzene rings is 3. The molecule has 1 aliphatic carbocycles. The van der Waals surface area contributed by atoms with Crippen LogP contribution in [0.25, 0.3) is 16.8 Å². The van der Waals surface area contributed by atoms with Crippen molar-refractivity contribution >= 4 is 28.4 Å². The molecule has 3 aromatic rings. The van der Waals surface area contributed by atoms with Crippen LogP contribution in [0.2, 0.25) is 0 Å². The molecule has 0 spiro atoms. The Morgan fingerprint density at radius 3 is 2.31 bits per heavy atom. The van der Waals surface area contributed by atoms with Gasteiger partial charge in [0, 0.05) is 17.4 Å². The Balaban J connectivity index is 1.84. The molecule has 0 N–H and O–H groups in total. The maximum absolute atomic E-state index is 13.3. The fourth-order valence-corrected chi connectivity index (χ4v) is 3.74. The minimum atomic E-state index is -0.332. The highest BCUT2D eigenvalue weighted by Gasteiger charge is 2.30. The molecule has 0 heterocycles. The van der Waals surface area contributed by atoms with Crippen molar-refractivity contribution in [1.82, 2.24) is 0 Å². The molecule has 0 unspecified atom stereocenters. The largest absolute Gasteiger partial charge is 0.497 e. The third-order valence-electron chi connectivity index (χ3n) is 5.15. The summed E-state index contributed by atoms with van der Waals surface area (Å²) in [6, 6.07) is 14.6. The van der Waals surface area contributed by atoms with Crippen molar-refractivity contribution in [3.05, 3.63) is 70.8 Å². The molecule has 0 amide bonds. The Labute approximate surface area is 168 Å². The molecule has 29 heavy (non-hydrogen) atoms. The van der Waals surface area contributed by atoms with Crippen LogP contribution in [0.3, 0.4) is 0 Å². The van der Waals surface area contributed by atoms with E-state index in [4.69, 9.17) is 14.2 Å². The average Bonchev–Trinajstić information content (AvgIpc) is 2.75. The van der Waals surface area contributed by atoms with Gasteiger partial charge in [0.05, 0.1) is 32.5 Å². The van der Waals surface area contributed by atoms with Gasteiger partial charge < -0.3 is 14.2 Å². The third-order valence-corrected chi connectivity index (χ3v) is 5.15. The molecule has 1 aliphatic rings. The van der Waals surface area contributed by atoms with Gasteiger partial charge in [-0.05, 0) is 41.3 Å². The molecule has 5 heteroatoms. The number of ether oxygens (including phenoxy) is 3. The van der Waals surface area contributed by atoms with Gasteiger partial charge in [0.2, 0.25) is 5.78 Å². The summed E-state index contributed by atoms with van der Waals surface area (Å²) in [6.07, 6.45) is 1.73. The van der Waals surface area contributed by atoms with Gasteiger partial charge >= 0.3 is 0 Å². The molecular weight excluding hydrogens is 368 g/mol. The quantitative estimate of drug-likeness (QED) is 0.591. The topological polar surface area (TPSA) is 61.8 Å². The van der Waals surface area contributed by atoms with E-state index in [1.165, 1.54) is 7.11 Å². The first-order valence-electron chi connectivity index (χ1n) is 9.17. The van der Waals surface area contributed by atoms with Crippen molar-refractivity contribution in [2.24, 2.45) is 0 Å². The van der Waals surface area contributed by atoms with Gasteiger partial charge in [-0.15, -0.1) is 0 Å². The number of ketones is 2. The molecule has 4 rings (SSSR count). The minimum Gasteiger partial charge on any atom is -0.497 e. The van der Waals surface area contributed by atoms with Crippen LogP contribution in [0.4, 0.5) is 0 Å². The monoisotopic (exact) mass is 388 g/mol. The van der Waals surface area contributed by atoms with Crippen LogP contribution >= 0.6 is 0 Å². The Morgan fingerprint density at radius 1 is 0.897 bits per heavy atom. The number of Topliss-reactive ketones (excluding diaryl/α,β-unsaturated/α-hetero) is 2. The Morgan fingerprint density at radius 2 is 1.62 bits per heavy atom. The first-order valence-corrected chi connectivity index (χ1v) is 9.17. The van der Waals surface area contributed by atoms with Gasteiger partial charge in [0.15, 0.2) is 5.78 Å². The lowest BCUT2D eigenvalue weighted by molar-refractivity contribution is -0.114. The van der Waals surface area contributed by atoms with Gasteiger partial charge in [-0.2, -0.15) is 0 Å². The second-order valence-electron chi connectivity index (χ2n) is 6.76. The lowest BCUT2D eigenvalue weighted by atomic mass is 9.84. The Hall–Kier alpha value is -3.60. The van der Waals surface area contributed by atoms with E-state index in [1.54, 1.807) is 32.4 Å². The second-order valence-corrected chi connectivity index (χ2v) is 6.76. The van der Waals surface area contributed by atoms with Crippen LogP contribution < -0.4 is 14.2 Å². The zero-order chi connectivity index (χ0) is 20.5. The molecule has 0 aromatic heterocycles. The normalized spacial score (nSPS) is 12.5. The lowest BCUT2D eigenvalue weighted by Gasteiger charge is -2.20. The van der Waals surface area contributed by atoms with E-state index in [2.05, 4.69) is 0 Å². The smallest absolute Gasteiger partial charge is 0.201 e. The summed E-state index contributed by atoms with van der Waals surface area (Å²) in [4.78, 5) is 26.4. The minimum absolute atomic E-state index is 0.0948. The molecule has 0 atom stereocenters. The van der Waals surface area contributed by atoms with E-state index in [9.17, 15) is 9.59 Å². The van der Waals surface area contributed by atoms with E-state index in [1.807, 2.05) is 36.4 Å². The Kier molecular flexibility index (Phi) is 4.80. The molecule has 0 saturated heterocycles. The highest BCUT2D eigenvalue weighted by Crippen LogP contribution is 2.41. The molecule has 5 nitrogen and oxygen atoms in total. The number of methoxy groups -OCH3 is 3. The van der Waals surface area contributed by atoms with Crippen molar-refractivity contribution in [3.63, 3.8) is 0 Å². The van der Waals surface area contributed by atoms with Crippen LogP contribution in [0.5, 0.6) is 17.2 Å². The number of rotatable bonds is 6. The average molecular weight is 388 g/mol. The number of hydrogen-bond donors (Lipinski definition) is 0. The van der Waals surface area contributed by atoms with Crippen LogP contribution in [0.1, 0.15) is 21.5 Å². The maximum atomic E-state index is 13.3. The van der Waals surface area contributed by atoms with Gasteiger partial charge in [-0.25, -0.2) is 0 Å². The highest BCUT2D eigenvalue weighted by atomic mass is 16.5. The summed E-state index contributed by atoms with van der Waals surface area (Å²) in [5.74, 6) is 1.11. The molecule has 0 fully saturated rings. The van der Waals surface area contributed by atoms with Gasteiger partial charge in [0.1, 0.15) is 17.2 Å². The molecule has 0 radical (unpaired) electrons. The van der Waals surface area contributed by atoms with E-state index >= 15 is 0 Å². The van der Waals surface area contributed by atoms with E-state index < -0.39 is 0 Å². The maximum Gasteiger partial charge on any atom is 0.201 e. The number of carbonyl (C=O) groups is 2. The predicted molar refractivity (Wildman–Crippen MR) is 111 cm³/mol. The van der Waals surface area contributed by atoms with Crippen molar-refractivity contribution < 1.29 is 23.8 Å². The van der Waals surface area contributed by atoms with Crippen molar-refractivity contribution in [2.45, 2.75) is 6.42 Å². The van der Waals surface area contributed by atoms with Crippen molar-refractivity contribution in [3.8, 4) is 17.2 Å². The van der Waals surface area contributed by atoms with Crippen LogP contribution in [0.15, 0.2) is 54.1 Å².